The van der Waals surface area contributed by atoms with E-state index >= 15 is 0 Å². The molecule has 8 rings (SSSR count). The number of fused-ring (bicyclic) bond motifs is 4. The van der Waals surface area contributed by atoms with Gasteiger partial charge in [0.25, 0.3) is 0 Å². The first-order valence-electron chi connectivity index (χ1n) is 15.4. The molecule has 10 nitrogen and oxygen atoms in total. The van der Waals surface area contributed by atoms with Crippen LogP contribution in [0.15, 0.2) is 85.5 Å². The maximum absolute atomic E-state index is 12.7. The number of piperazine rings is 1. The number of nitrogens with zero attached hydrogens (tertiary/aromatic N) is 7. The minimum Gasteiger partial charge on any atom is -0.444 e. The van der Waals surface area contributed by atoms with Gasteiger partial charge in [0.15, 0.2) is 5.65 Å². The van der Waals surface area contributed by atoms with Crippen molar-refractivity contribution in [3.05, 3.63) is 91.0 Å². The highest BCUT2D eigenvalue weighted by atomic mass is 16.6. The smallest absolute Gasteiger partial charge is 0.410 e. The predicted molar refractivity (Wildman–Crippen MR) is 172 cm³/mol. The number of likely N-dealkylation sites (tertiary alicyclic amines) is 2. The lowest BCUT2D eigenvalue weighted by Crippen LogP contribution is -2.49. The first-order valence-corrected chi connectivity index (χ1v) is 15.4. The van der Waals surface area contributed by atoms with Gasteiger partial charge in [0.2, 0.25) is 0 Å². The minimum absolute atomic E-state index is 0.196. The molecule has 2 aliphatic heterocycles. The van der Waals surface area contributed by atoms with E-state index in [0.29, 0.717) is 6.04 Å². The van der Waals surface area contributed by atoms with Crippen LogP contribution in [0.2, 0.25) is 0 Å². The van der Waals surface area contributed by atoms with E-state index < -0.39 is 5.60 Å². The summed E-state index contributed by atoms with van der Waals surface area (Å²) in [6.45, 7) is 8.19. The molecule has 2 aliphatic rings. The van der Waals surface area contributed by atoms with Crippen molar-refractivity contribution in [2.45, 2.75) is 51.4 Å². The van der Waals surface area contributed by atoms with Gasteiger partial charge in [0.1, 0.15) is 11.3 Å². The maximum atomic E-state index is 12.7. The second kappa shape index (κ2) is 10.5. The van der Waals surface area contributed by atoms with Crippen LogP contribution in [0.4, 0.5) is 4.79 Å². The van der Waals surface area contributed by atoms with Crippen molar-refractivity contribution in [2.24, 2.45) is 0 Å². The van der Waals surface area contributed by atoms with Crippen molar-refractivity contribution in [2.75, 3.05) is 13.1 Å². The first-order chi connectivity index (χ1) is 21.8. The van der Waals surface area contributed by atoms with E-state index in [1.165, 1.54) is 5.56 Å². The molecule has 6 heterocycles. The Kier molecular flexibility index (Phi) is 6.42. The van der Waals surface area contributed by atoms with E-state index in [9.17, 15) is 4.79 Å². The molecule has 10 heteroatoms. The van der Waals surface area contributed by atoms with E-state index in [2.05, 4.69) is 50.4 Å². The van der Waals surface area contributed by atoms with E-state index in [1.54, 1.807) is 12.4 Å². The van der Waals surface area contributed by atoms with Gasteiger partial charge in [-0.05, 0) is 62.6 Å². The maximum Gasteiger partial charge on any atom is 0.410 e. The zero-order chi connectivity index (χ0) is 30.7. The van der Waals surface area contributed by atoms with Crippen LogP contribution in [-0.2, 0) is 11.3 Å². The first kappa shape index (κ1) is 27.5. The van der Waals surface area contributed by atoms with Crippen molar-refractivity contribution in [3.63, 3.8) is 0 Å². The Morgan fingerprint density at radius 3 is 2.53 bits per heavy atom. The Morgan fingerprint density at radius 1 is 0.956 bits per heavy atom. The average molecular weight is 599 g/mol. The van der Waals surface area contributed by atoms with Crippen LogP contribution in [-0.4, -0.2) is 76.4 Å². The number of carbonyl (C=O) groups is 1. The number of amides is 1. The van der Waals surface area contributed by atoms with E-state index in [0.717, 1.165) is 76.2 Å². The molecular weight excluding hydrogens is 564 g/mol. The van der Waals surface area contributed by atoms with Crippen molar-refractivity contribution < 1.29 is 9.53 Å². The summed E-state index contributed by atoms with van der Waals surface area (Å²) in [5.74, 6) is 0. The van der Waals surface area contributed by atoms with Gasteiger partial charge in [-0.25, -0.2) is 14.3 Å². The lowest BCUT2D eigenvalue weighted by molar-refractivity contribution is 0.0124. The molecular formula is C35H34N8O2. The summed E-state index contributed by atoms with van der Waals surface area (Å²) in [6.07, 6.45) is 8.09. The van der Waals surface area contributed by atoms with Gasteiger partial charge >= 0.3 is 6.09 Å². The summed E-state index contributed by atoms with van der Waals surface area (Å²) in [5.41, 5.74) is 8.30. The topological polar surface area (TPSA) is 105 Å². The van der Waals surface area contributed by atoms with Crippen molar-refractivity contribution >= 4 is 22.6 Å². The summed E-state index contributed by atoms with van der Waals surface area (Å²) >= 11 is 0. The van der Waals surface area contributed by atoms with Crippen LogP contribution >= 0.6 is 0 Å². The highest BCUT2D eigenvalue weighted by molar-refractivity contribution is 6.02. The van der Waals surface area contributed by atoms with Crippen LogP contribution < -0.4 is 0 Å². The van der Waals surface area contributed by atoms with E-state index in [1.807, 2.05) is 72.9 Å². The summed E-state index contributed by atoms with van der Waals surface area (Å²) in [4.78, 5) is 26.1. The van der Waals surface area contributed by atoms with Gasteiger partial charge in [0.05, 0.1) is 23.0 Å². The van der Waals surface area contributed by atoms with Crippen LogP contribution in [0.1, 0.15) is 32.8 Å². The number of aromatic amines is 1. The summed E-state index contributed by atoms with van der Waals surface area (Å²) < 4.78 is 7.59. The Labute approximate surface area is 260 Å². The Hall–Kier alpha value is -5.09. The Morgan fingerprint density at radius 2 is 1.78 bits per heavy atom. The van der Waals surface area contributed by atoms with E-state index in [-0.39, 0.29) is 12.1 Å². The van der Waals surface area contributed by atoms with Gasteiger partial charge in [-0.2, -0.15) is 10.2 Å². The monoisotopic (exact) mass is 598 g/mol. The third kappa shape index (κ3) is 4.91. The molecule has 0 saturated carbocycles. The molecule has 0 unspecified atom stereocenters. The number of ether oxygens (including phenoxy) is 1. The largest absolute Gasteiger partial charge is 0.444 e. The Bertz CT molecular complexity index is 2030. The highest BCUT2D eigenvalue weighted by Crippen LogP contribution is 2.39. The summed E-state index contributed by atoms with van der Waals surface area (Å²) in [7, 11) is 0. The van der Waals surface area contributed by atoms with Gasteiger partial charge in [-0.15, -0.1) is 0 Å². The van der Waals surface area contributed by atoms with Crippen LogP contribution in [0, 0.1) is 0 Å². The molecule has 2 saturated heterocycles. The lowest BCUT2D eigenvalue weighted by atomic mass is 9.99. The third-order valence-corrected chi connectivity index (χ3v) is 8.84. The van der Waals surface area contributed by atoms with Gasteiger partial charge in [0, 0.05) is 66.8 Å². The lowest BCUT2D eigenvalue weighted by Gasteiger charge is -2.35. The number of rotatable bonds is 5. The summed E-state index contributed by atoms with van der Waals surface area (Å²) in [5, 5.41) is 13.5. The average Bonchev–Trinajstić information content (AvgIpc) is 3.83. The number of benzene rings is 2. The van der Waals surface area contributed by atoms with Gasteiger partial charge in [-0.3, -0.25) is 15.0 Å². The molecule has 1 N–H and O–H groups in total. The van der Waals surface area contributed by atoms with Crippen molar-refractivity contribution in [1.29, 1.82) is 0 Å². The number of hydrogen-bond donors (Lipinski definition) is 1. The molecule has 0 spiro atoms. The van der Waals surface area contributed by atoms with Crippen molar-refractivity contribution in [3.8, 4) is 33.6 Å². The fraction of sp³-hybridized carbons (Fsp3) is 0.286. The van der Waals surface area contributed by atoms with Gasteiger partial charge in [-0.1, -0.05) is 36.4 Å². The second-order valence-corrected chi connectivity index (χ2v) is 13.0. The standard InChI is InChI=1S/C35H34N8O2/c1-35(2,3)45-34(44)42-21-25-17-26(42)20-41(25)19-22-7-9-23(10-8-22)30-13-16-37-33-31(27-5-4-6-29-28(27)18-38-39-29)32(40-43(30)33)24-11-14-36-15-12-24/h4-16,18,25-26H,17,19-21H2,1-3H3,(H,38,39)/t25-,26+/m0/s1. The highest BCUT2D eigenvalue weighted by Gasteiger charge is 2.46. The molecule has 226 valence electrons. The molecule has 0 radical (unpaired) electrons. The van der Waals surface area contributed by atoms with Crippen LogP contribution in [0.5, 0.6) is 0 Å². The number of carbonyl (C=O) groups excluding carboxylic acids is 1. The molecule has 6 aromatic rings. The number of pyridine rings is 1. The number of nitrogens with one attached hydrogen (secondary N) is 1. The van der Waals surface area contributed by atoms with Crippen LogP contribution in [0.3, 0.4) is 0 Å². The summed E-state index contributed by atoms with van der Waals surface area (Å²) in [6, 6.07) is 21.4. The van der Waals surface area contributed by atoms with Crippen LogP contribution in [0.25, 0.3) is 50.2 Å². The predicted octanol–water partition coefficient (Wildman–Crippen LogP) is 6.20. The molecule has 4 aromatic heterocycles. The fourth-order valence-electron chi connectivity index (χ4n) is 6.81. The zero-order valence-corrected chi connectivity index (χ0v) is 25.5. The second-order valence-electron chi connectivity index (χ2n) is 13.0. The number of aromatic nitrogens is 6. The zero-order valence-electron chi connectivity index (χ0n) is 25.5. The van der Waals surface area contributed by atoms with E-state index in [4.69, 9.17) is 14.8 Å². The SMILES string of the molecule is CC(C)(C)OC(=O)N1C[C@@H]2C[C@@H]1CN2Cc1ccc(-c2ccnc3c(-c4cccc5[nH]ncc45)c(-c4ccncc4)nn23)cc1. The quantitative estimate of drug-likeness (QED) is 0.252. The third-order valence-electron chi connectivity index (χ3n) is 8.84. The fourth-order valence-corrected chi connectivity index (χ4v) is 6.81. The molecule has 2 fully saturated rings. The minimum atomic E-state index is -0.479. The molecule has 1 amide bonds. The van der Waals surface area contributed by atoms with Crippen molar-refractivity contribution in [1.82, 2.24) is 39.6 Å². The number of H-pyrrole nitrogens is 1. The number of hydrogen-bond acceptors (Lipinski definition) is 7. The molecule has 0 aliphatic carbocycles. The van der Waals surface area contributed by atoms with Gasteiger partial charge < -0.3 is 9.64 Å². The normalized spacial score (nSPS) is 18.3. The molecule has 2 bridgehead atoms. The molecule has 2 aromatic carbocycles. The Balaban J connectivity index is 1.09. The molecule has 45 heavy (non-hydrogen) atoms. The molecule has 2 atom stereocenters.